The lowest BCUT2D eigenvalue weighted by molar-refractivity contribution is -0.131. The Hall–Kier alpha value is -1.07. The average Bonchev–Trinajstić information content (AvgIpc) is 2.92. The molecule has 1 aliphatic rings. The van der Waals surface area contributed by atoms with E-state index in [0.717, 1.165) is 23.5 Å². The Morgan fingerprint density at radius 2 is 2.16 bits per heavy atom. The number of hydrogen-bond donors (Lipinski definition) is 1. The van der Waals surface area contributed by atoms with Crippen molar-refractivity contribution in [1.29, 1.82) is 0 Å². The van der Waals surface area contributed by atoms with E-state index in [0.29, 0.717) is 6.04 Å². The number of rotatable bonds is 4. The molecule has 0 aliphatic carbocycles. The van der Waals surface area contributed by atoms with Gasteiger partial charge in [-0.05, 0) is 17.7 Å². The first-order chi connectivity index (χ1) is 9.11. The molecule has 0 aromatic heterocycles. The van der Waals surface area contributed by atoms with Crippen molar-refractivity contribution < 1.29 is 4.79 Å². The molecule has 5 heteroatoms. The molecule has 1 aliphatic heterocycles. The van der Waals surface area contributed by atoms with Crippen LogP contribution < -0.4 is 5.73 Å². The number of benzene rings is 1. The van der Waals surface area contributed by atoms with Gasteiger partial charge in [0, 0.05) is 18.8 Å². The van der Waals surface area contributed by atoms with Crippen LogP contribution >= 0.6 is 24.0 Å². The van der Waals surface area contributed by atoms with Gasteiger partial charge in [-0.2, -0.15) is 11.8 Å². The van der Waals surface area contributed by atoms with E-state index in [4.69, 9.17) is 18.0 Å². The van der Waals surface area contributed by atoms with Crippen LogP contribution in [0.3, 0.4) is 0 Å². The summed E-state index contributed by atoms with van der Waals surface area (Å²) in [4.78, 5) is 14.7. The van der Waals surface area contributed by atoms with Gasteiger partial charge in [0.2, 0.25) is 5.91 Å². The fourth-order valence-electron chi connectivity index (χ4n) is 2.29. The van der Waals surface area contributed by atoms with Crippen molar-refractivity contribution in [1.82, 2.24) is 4.90 Å². The van der Waals surface area contributed by atoms with Crippen LogP contribution in [0.25, 0.3) is 0 Å². The molecule has 0 radical (unpaired) electrons. The highest BCUT2D eigenvalue weighted by Gasteiger charge is 2.31. The van der Waals surface area contributed by atoms with Crippen LogP contribution in [0.5, 0.6) is 0 Å². The van der Waals surface area contributed by atoms with Gasteiger partial charge in [0.15, 0.2) is 0 Å². The first kappa shape index (κ1) is 14.3. The van der Waals surface area contributed by atoms with Crippen LogP contribution in [0.4, 0.5) is 0 Å². The zero-order valence-electron chi connectivity index (χ0n) is 10.9. The van der Waals surface area contributed by atoms with Crippen LogP contribution in [0.2, 0.25) is 0 Å². The second kappa shape index (κ2) is 6.39. The van der Waals surface area contributed by atoms with Crippen LogP contribution in [0, 0.1) is 0 Å². The maximum atomic E-state index is 12.6. The second-order valence-electron chi connectivity index (χ2n) is 4.71. The molecule has 0 bridgehead atoms. The minimum absolute atomic E-state index is 0.00574. The molecule has 2 atom stereocenters. The summed E-state index contributed by atoms with van der Waals surface area (Å²) in [5, 5.41) is 0. The minimum Gasteiger partial charge on any atom is -0.392 e. The normalized spacial score (nSPS) is 19.9. The van der Waals surface area contributed by atoms with E-state index < -0.39 is 5.92 Å². The van der Waals surface area contributed by atoms with Crippen molar-refractivity contribution in [3.05, 3.63) is 35.9 Å². The third-order valence-electron chi connectivity index (χ3n) is 3.47. The summed E-state index contributed by atoms with van der Waals surface area (Å²) in [5.41, 5.74) is 6.66. The fourth-order valence-corrected chi connectivity index (χ4v) is 3.79. The number of carbonyl (C=O) groups excluding carboxylic acids is 1. The van der Waals surface area contributed by atoms with Crippen molar-refractivity contribution in [2.45, 2.75) is 18.4 Å². The first-order valence-corrected chi connectivity index (χ1v) is 7.86. The molecule has 19 heavy (non-hydrogen) atoms. The lowest BCUT2D eigenvalue weighted by atomic mass is 9.97. The molecule has 1 amide bonds. The highest BCUT2D eigenvalue weighted by molar-refractivity contribution is 7.99. The van der Waals surface area contributed by atoms with Crippen LogP contribution in [0.15, 0.2) is 30.3 Å². The van der Waals surface area contributed by atoms with E-state index in [2.05, 4.69) is 0 Å². The van der Waals surface area contributed by atoms with E-state index in [9.17, 15) is 4.79 Å². The van der Waals surface area contributed by atoms with Crippen LogP contribution in [0.1, 0.15) is 17.9 Å². The Morgan fingerprint density at radius 3 is 2.68 bits per heavy atom. The summed E-state index contributed by atoms with van der Waals surface area (Å²) >= 11 is 6.98. The topological polar surface area (TPSA) is 46.3 Å². The van der Waals surface area contributed by atoms with Gasteiger partial charge >= 0.3 is 0 Å². The monoisotopic (exact) mass is 294 g/mol. The number of nitrogens with two attached hydrogens (primary N) is 1. The zero-order chi connectivity index (χ0) is 13.8. The lowest BCUT2D eigenvalue weighted by Crippen LogP contribution is -2.43. The Balaban J connectivity index is 2.19. The van der Waals surface area contributed by atoms with Gasteiger partial charge in [0.25, 0.3) is 0 Å². The number of nitrogens with zero attached hydrogens (tertiary/aromatic N) is 1. The molecule has 3 nitrogen and oxygen atoms in total. The molecule has 1 saturated heterocycles. The Labute approximate surface area is 123 Å². The van der Waals surface area contributed by atoms with Crippen molar-refractivity contribution in [2.75, 3.05) is 18.6 Å². The summed E-state index contributed by atoms with van der Waals surface area (Å²) in [6, 6.07) is 9.83. The molecule has 102 valence electrons. The number of amides is 1. The highest BCUT2D eigenvalue weighted by atomic mass is 32.2. The molecule has 2 N–H and O–H groups in total. The predicted molar refractivity (Wildman–Crippen MR) is 84.5 cm³/mol. The van der Waals surface area contributed by atoms with Gasteiger partial charge in [-0.25, -0.2) is 0 Å². The van der Waals surface area contributed by atoms with Gasteiger partial charge in [-0.1, -0.05) is 42.5 Å². The third kappa shape index (κ3) is 3.28. The van der Waals surface area contributed by atoms with E-state index >= 15 is 0 Å². The summed E-state index contributed by atoms with van der Waals surface area (Å²) in [7, 11) is 1.85. The molecule has 0 spiro atoms. The van der Waals surface area contributed by atoms with E-state index in [1.165, 1.54) is 0 Å². The molecule has 1 aromatic rings. The average molecular weight is 294 g/mol. The largest absolute Gasteiger partial charge is 0.392 e. The molecule has 0 saturated carbocycles. The predicted octanol–water partition coefficient (Wildman–Crippen LogP) is 2.02. The zero-order valence-corrected chi connectivity index (χ0v) is 12.5. The standard InChI is InChI=1S/C14H18N2OS2/c1-16(11-7-8-19-9-11)14(17)12(13(15)18)10-5-3-2-4-6-10/h2-6,11-12H,7-9H2,1H3,(H2,15,18). The number of thioether (sulfide) groups is 1. The van der Waals surface area contributed by atoms with E-state index in [-0.39, 0.29) is 10.9 Å². The lowest BCUT2D eigenvalue weighted by Gasteiger charge is -2.28. The van der Waals surface area contributed by atoms with Crippen LogP contribution in [-0.4, -0.2) is 40.4 Å². The Kier molecular flexibility index (Phi) is 4.82. The van der Waals surface area contributed by atoms with Crippen molar-refractivity contribution in [2.24, 2.45) is 5.73 Å². The smallest absolute Gasteiger partial charge is 0.237 e. The SMILES string of the molecule is CN(C(=O)C(C(N)=S)c1ccccc1)C1CCSC1. The van der Waals surface area contributed by atoms with Gasteiger partial charge in [-0.3, -0.25) is 4.79 Å². The second-order valence-corrected chi connectivity index (χ2v) is 6.33. The molecule has 2 unspecified atom stereocenters. The quantitative estimate of drug-likeness (QED) is 0.863. The van der Waals surface area contributed by atoms with E-state index in [1.54, 1.807) is 0 Å². The van der Waals surface area contributed by atoms with E-state index in [1.807, 2.05) is 54.0 Å². The van der Waals surface area contributed by atoms with Crippen molar-refractivity contribution in [3.8, 4) is 0 Å². The number of thiocarbonyl (C=S) groups is 1. The van der Waals surface area contributed by atoms with Crippen LogP contribution in [-0.2, 0) is 4.79 Å². The van der Waals surface area contributed by atoms with Gasteiger partial charge in [0.1, 0.15) is 5.92 Å². The van der Waals surface area contributed by atoms with Gasteiger partial charge < -0.3 is 10.6 Å². The summed E-state index contributed by atoms with van der Waals surface area (Å²) in [6.07, 6.45) is 1.05. The summed E-state index contributed by atoms with van der Waals surface area (Å²) in [5.74, 6) is 1.62. The molecular formula is C14H18N2OS2. The molecular weight excluding hydrogens is 276 g/mol. The maximum Gasteiger partial charge on any atom is 0.237 e. The molecule has 1 aromatic carbocycles. The van der Waals surface area contributed by atoms with Crippen molar-refractivity contribution >= 4 is 34.9 Å². The van der Waals surface area contributed by atoms with Gasteiger partial charge in [0.05, 0.1) is 4.99 Å². The fraction of sp³-hybridized carbons (Fsp3) is 0.429. The Bertz CT molecular complexity index is 458. The first-order valence-electron chi connectivity index (χ1n) is 6.30. The van der Waals surface area contributed by atoms with Gasteiger partial charge in [-0.15, -0.1) is 0 Å². The van der Waals surface area contributed by atoms with Crippen molar-refractivity contribution in [3.63, 3.8) is 0 Å². The summed E-state index contributed by atoms with van der Waals surface area (Å²) < 4.78 is 0. The Morgan fingerprint density at radius 1 is 1.47 bits per heavy atom. The molecule has 1 fully saturated rings. The number of likely N-dealkylation sites (N-methyl/N-ethyl adjacent to an activating group) is 1. The highest BCUT2D eigenvalue weighted by Crippen LogP contribution is 2.25. The molecule has 2 rings (SSSR count). The maximum absolute atomic E-state index is 12.6. The number of hydrogen-bond acceptors (Lipinski definition) is 3. The minimum atomic E-state index is -0.508. The number of carbonyl (C=O) groups is 1. The molecule has 1 heterocycles. The third-order valence-corrected chi connectivity index (χ3v) is 4.85. The summed E-state index contributed by atoms with van der Waals surface area (Å²) in [6.45, 7) is 0.